The number of nitrogens with zero attached hydrogens (tertiary/aromatic N) is 3. The maximum atomic E-state index is 9.53. The molecule has 2 heterocycles. The summed E-state index contributed by atoms with van der Waals surface area (Å²) in [6, 6.07) is 8.00. The first-order chi connectivity index (χ1) is 9.74. The second-order valence-electron chi connectivity index (χ2n) is 5.21. The number of benzene rings is 1. The SMILES string of the molecule is CC(O)c1ccc(Sc2nnc3n2CCCCC3)cc1. The lowest BCUT2D eigenvalue weighted by molar-refractivity contribution is 0.199. The smallest absolute Gasteiger partial charge is 0.196 e. The summed E-state index contributed by atoms with van der Waals surface area (Å²) in [6.07, 6.45) is 4.31. The van der Waals surface area contributed by atoms with E-state index in [-0.39, 0.29) is 0 Å². The molecule has 0 radical (unpaired) electrons. The second kappa shape index (κ2) is 5.97. The first kappa shape index (κ1) is 13.6. The van der Waals surface area contributed by atoms with Crippen molar-refractivity contribution in [2.24, 2.45) is 0 Å². The Kier molecular flexibility index (Phi) is 4.08. The summed E-state index contributed by atoms with van der Waals surface area (Å²) in [5.74, 6) is 1.12. The molecule has 0 aliphatic carbocycles. The van der Waals surface area contributed by atoms with E-state index >= 15 is 0 Å². The van der Waals surface area contributed by atoms with Gasteiger partial charge in [0.25, 0.3) is 0 Å². The number of hydrogen-bond donors (Lipinski definition) is 1. The molecule has 5 heteroatoms. The molecular formula is C15H19N3OS. The fraction of sp³-hybridized carbons (Fsp3) is 0.467. The van der Waals surface area contributed by atoms with Crippen molar-refractivity contribution in [1.29, 1.82) is 0 Å². The van der Waals surface area contributed by atoms with Gasteiger partial charge in [-0.3, -0.25) is 0 Å². The number of hydrogen-bond acceptors (Lipinski definition) is 4. The fourth-order valence-corrected chi connectivity index (χ4v) is 3.33. The summed E-state index contributed by atoms with van der Waals surface area (Å²) < 4.78 is 2.25. The minimum Gasteiger partial charge on any atom is -0.389 e. The fourth-order valence-electron chi connectivity index (χ4n) is 2.45. The van der Waals surface area contributed by atoms with Gasteiger partial charge in [0.05, 0.1) is 6.10 Å². The van der Waals surface area contributed by atoms with Gasteiger partial charge >= 0.3 is 0 Å². The van der Waals surface area contributed by atoms with Crippen LogP contribution >= 0.6 is 11.8 Å². The number of fused-ring (bicyclic) bond motifs is 1. The average Bonchev–Trinajstić information content (AvgIpc) is 2.69. The van der Waals surface area contributed by atoms with Crippen molar-refractivity contribution in [3.05, 3.63) is 35.7 Å². The van der Waals surface area contributed by atoms with Crippen molar-refractivity contribution in [3.63, 3.8) is 0 Å². The lowest BCUT2D eigenvalue weighted by Gasteiger charge is -2.08. The van der Waals surface area contributed by atoms with E-state index in [4.69, 9.17) is 0 Å². The number of rotatable bonds is 3. The van der Waals surface area contributed by atoms with Crippen LogP contribution in [0.3, 0.4) is 0 Å². The third-order valence-electron chi connectivity index (χ3n) is 3.65. The Labute approximate surface area is 123 Å². The molecule has 0 fully saturated rings. The van der Waals surface area contributed by atoms with E-state index < -0.39 is 6.10 Å². The van der Waals surface area contributed by atoms with E-state index in [0.717, 1.165) is 34.4 Å². The molecule has 0 bridgehead atoms. The van der Waals surface area contributed by atoms with Gasteiger partial charge in [-0.1, -0.05) is 18.6 Å². The predicted octanol–water partition coefficient (Wildman–Crippen LogP) is 3.21. The third kappa shape index (κ3) is 2.88. The summed E-state index contributed by atoms with van der Waals surface area (Å²) in [5, 5.41) is 19.1. The van der Waals surface area contributed by atoms with Crippen LogP contribution in [0.4, 0.5) is 0 Å². The highest BCUT2D eigenvalue weighted by atomic mass is 32.2. The highest BCUT2D eigenvalue weighted by Gasteiger charge is 2.15. The van der Waals surface area contributed by atoms with E-state index in [2.05, 4.69) is 14.8 Å². The Bertz CT molecular complexity index is 577. The Hall–Kier alpha value is -1.33. The van der Waals surface area contributed by atoms with E-state index in [1.807, 2.05) is 24.3 Å². The Morgan fingerprint density at radius 3 is 2.70 bits per heavy atom. The van der Waals surface area contributed by atoms with E-state index in [0.29, 0.717) is 0 Å². The van der Waals surface area contributed by atoms with Gasteiger partial charge in [0, 0.05) is 17.9 Å². The van der Waals surface area contributed by atoms with Crippen LogP contribution in [-0.4, -0.2) is 19.9 Å². The van der Waals surface area contributed by atoms with Crippen molar-refractivity contribution >= 4 is 11.8 Å². The second-order valence-corrected chi connectivity index (χ2v) is 6.25. The summed E-state index contributed by atoms with van der Waals surface area (Å²) in [7, 11) is 0. The summed E-state index contributed by atoms with van der Waals surface area (Å²) >= 11 is 1.65. The minimum absolute atomic E-state index is 0.418. The van der Waals surface area contributed by atoms with Crippen molar-refractivity contribution in [3.8, 4) is 0 Å². The standard InChI is InChI=1S/C15H19N3OS/c1-11(19)12-6-8-13(9-7-12)20-15-17-16-14-5-3-2-4-10-18(14)15/h6-9,11,19H,2-5,10H2,1H3. The van der Waals surface area contributed by atoms with E-state index in [1.165, 1.54) is 19.3 Å². The number of aliphatic hydroxyl groups is 1. The van der Waals surface area contributed by atoms with Crippen molar-refractivity contribution < 1.29 is 5.11 Å². The molecule has 106 valence electrons. The predicted molar refractivity (Wildman–Crippen MR) is 78.8 cm³/mol. The van der Waals surface area contributed by atoms with Gasteiger partial charge in [0.1, 0.15) is 5.82 Å². The topological polar surface area (TPSA) is 50.9 Å². The highest BCUT2D eigenvalue weighted by molar-refractivity contribution is 7.99. The van der Waals surface area contributed by atoms with Crippen LogP contribution in [0.25, 0.3) is 0 Å². The number of aliphatic hydroxyl groups excluding tert-OH is 1. The Morgan fingerprint density at radius 2 is 1.95 bits per heavy atom. The summed E-state index contributed by atoms with van der Waals surface area (Å²) in [4.78, 5) is 1.13. The van der Waals surface area contributed by atoms with Crippen LogP contribution in [0.2, 0.25) is 0 Å². The molecule has 4 nitrogen and oxygen atoms in total. The molecule has 3 rings (SSSR count). The maximum Gasteiger partial charge on any atom is 0.196 e. The van der Waals surface area contributed by atoms with Crippen molar-refractivity contribution in [1.82, 2.24) is 14.8 Å². The molecular weight excluding hydrogens is 270 g/mol. The first-order valence-corrected chi connectivity index (χ1v) is 7.93. The van der Waals surface area contributed by atoms with Gasteiger partial charge in [-0.2, -0.15) is 0 Å². The van der Waals surface area contributed by atoms with Gasteiger partial charge in [-0.05, 0) is 49.2 Å². The molecule has 1 aromatic carbocycles. The monoisotopic (exact) mass is 289 g/mol. The van der Waals surface area contributed by atoms with Gasteiger partial charge in [-0.15, -0.1) is 10.2 Å². The molecule has 1 aliphatic rings. The highest BCUT2D eigenvalue weighted by Crippen LogP contribution is 2.29. The largest absolute Gasteiger partial charge is 0.389 e. The zero-order chi connectivity index (χ0) is 13.9. The zero-order valence-electron chi connectivity index (χ0n) is 11.6. The molecule has 0 amide bonds. The molecule has 1 atom stereocenters. The average molecular weight is 289 g/mol. The molecule has 20 heavy (non-hydrogen) atoms. The third-order valence-corrected chi connectivity index (χ3v) is 4.64. The van der Waals surface area contributed by atoms with Crippen LogP contribution in [0.5, 0.6) is 0 Å². The van der Waals surface area contributed by atoms with E-state index in [1.54, 1.807) is 18.7 Å². The summed E-state index contributed by atoms with van der Waals surface area (Å²) in [6.45, 7) is 2.80. The maximum absolute atomic E-state index is 9.53. The van der Waals surface area contributed by atoms with Crippen LogP contribution in [0.1, 0.15) is 43.7 Å². The van der Waals surface area contributed by atoms with Gasteiger partial charge in [0.2, 0.25) is 0 Å². The quantitative estimate of drug-likeness (QED) is 0.942. The van der Waals surface area contributed by atoms with Gasteiger partial charge in [-0.25, -0.2) is 0 Å². The van der Waals surface area contributed by atoms with Crippen LogP contribution in [0.15, 0.2) is 34.3 Å². The molecule has 2 aromatic rings. The molecule has 1 unspecified atom stereocenters. The Morgan fingerprint density at radius 1 is 1.15 bits per heavy atom. The molecule has 0 saturated heterocycles. The first-order valence-electron chi connectivity index (χ1n) is 7.12. The van der Waals surface area contributed by atoms with Gasteiger partial charge < -0.3 is 9.67 Å². The lowest BCUT2D eigenvalue weighted by atomic mass is 10.1. The van der Waals surface area contributed by atoms with Crippen molar-refractivity contribution in [2.75, 3.05) is 0 Å². The molecule has 1 aliphatic heterocycles. The molecule has 1 aromatic heterocycles. The van der Waals surface area contributed by atoms with Crippen molar-refractivity contribution in [2.45, 2.75) is 55.3 Å². The molecule has 0 spiro atoms. The minimum atomic E-state index is -0.418. The van der Waals surface area contributed by atoms with Crippen LogP contribution in [0, 0.1) is 0 Å². The van der Waals surface area contributed by atoms with Crippen LogP contribution in [-0.2, 0) is 13.0 Å². The lowest BCUT2D eigenvalue weighted by Crippen LogP contribution is -2.02. The molecule has 0 saturated carbocycles. The molecule has 1 N–H and O–H groups in total. The normalized spacial score (nSPS) is 16.5. The van der Waals surface area contributed by atoms with Crippen LogP contribution < -0.4 is 0 Å². The Balaban J connectivity index is 1.79. The van der Waals surface area contributed by atoms with E-state index in [9.17, 15) is 5.11 Å². The zero-order valence-corrected chi connectivity index (χ0v) is 12.4. The number of aromatic nitrogens is 3. The van der Waals surface area contributed by atoms with Gasteiger partial charge in [0.15, 0.2) is 5.16 Å². The summed E-state index contributed by atoms with van der Waals surface area (Å²) in [5.41, 5.74) is 0.939. The number of aryl methyl sites for hydroxylation is 1.